The number of furan rings is 1. The molecule has 0 aliphatic heterocycles. The molecule has 0 spiro atoms. The minimum Gasteiger partial charge on any atom is -0.456 e. The Kier molecular flexibility index (Phi) is 3.33. The Morgan fingerprint density at radius 3 is 2.61 bits per heavy atom. The van der Waals surface area contributed by atoms with Gasteiger partial charge in [-0.1, -0.05) is 44.0 Å². The van der Waals surface area contributed by atoms with E-state index in [-0.39, 0.29) is 0 Å². The highest BCUT2D eigenvalue weighted by atomic mass is 16.3. The van der Waals surface area contributed by atoms with Gasteiger partial charge < -0.3 is 4.42 Å². The molecule has 0 aliphatic rings. The molecule has 2 rings (SSSR count). The first-order valence-corrected chi connectivity index (χ1v) is 5.84. The summed E-state index contributed by atoms with van der Waals surface area (Å²) in [5.74, 6) is 0.758. The van der Waals surface area contributed by atoms with Crippen LogP contribution in [0, 0.1) is 0 Å². The number of hydrogen-bond acceptors (Lipinski definition) is 1. The molecule has 1 heterocycles. The topological polar surface area (TPSA) is 13.1 Å². The van der Waals surface area contributed by atoms with Crippen molar-refractivity contribution in [2.24, 2.45) is 0 Å². The summed E-state index contributed by atoms with van der Waals surface area (Å²) < 4.78 is 5.70. The van der Waals surface area contributed by atoms with Crippen molar-refractivity contribution in [3.63, 3.8) is 0 Å². The molecular weight excluding hydrogens is 220 g/mol. The molecule has 2 aromatic rings. The molecule has 0 N–H and O–H groups in total. The fourth-order valence-electron chi connectivity index (χ4n) is 1.99. The van der Waals surface area contributed by atoms with Crippen LogP contribution >= 0.6 is 0 Å². The van der Waals surface area contributed by atoms with Gasteiger partial charge in [0.1, 0.15) is 11.3 Å². The molecule has 1 aromatic carbocycles. The molecule has 0 amide bonds. The Labute approximate surface area is 107 Å². The van der Waals surface area contributed by atoms with Gasteiger partial charge in [0, 0.05) is 10.9 Å². The molecule has 18 heavy (non-hydrogen) atoms. The van der Waals surface area contributed by atoms with Crippen LogP contribution < -0.4 is 0 Å². The van der Waals surface area contributed by atoms with E-state index in [1.807, 2.05) is 31.2 Å². The fourth-order valence-corrected chi connectivity index (χ4v) is 1.99. The molecule has 1 nitrogen and oxygen atoms in total. The molecule has 0 radical (unpaired) electrons. The fraction of sp³-hybridized carbons (Fsp3) is 0.0588. The van der Waals surface area contributed by atoms with Crippen molar-refractivity contribution in [3.8, 4) is 0 Å². The van der Waals surface area contributed by atoms with Crippen molar-refractivity contribution in [3.05, 3.63) is 67.0 Å². The molecular formula is C17H16O. The first-order valence-electron chi connectivity index (χ1n) is 5.84. The third-order valence-corrected chi connectivity index (χ3v) is 2.88. The van der Waals surface area contributed by atoms with Gasteiger partial charge in [0.05, 0.1) is 0 Å². The predicted octanol–water partition coefficient (Wildman–Crippen LogP) is 5.31. The van der Waals surface area contributed by atoms with Crippen LogP contribution in [0.3, 0.4) is 0 Å². The van der Waals surface area contributed by atoms with Crippen molar-refractivity contribution in [1.82, 2.24) is 0 Å². The largest absolute Gasteiger partial charge is 0.456 e. The number of fused-ring (bicyclic) bond motifs is 1. The second-order valence-corrected chi connectivity index (χ2v) is 4.02. The van der Waals surface area contributed by atoms with Crippen LogP contribution in [0.1, 0.15) is 23.8 Å². The Morgan fingerprint density at radius 1 is 1.22 bits per heavy atom. The molecule has 0 saturated carbocycles. The second-order valence-electron chi connectivity index (χ2n) is 4.02. The summed E-state index contributed by atoms with van der Waals surface area (Å²) in [5, 5.41) is 1.04. The summed E-state index contributed by atoms with van der Waals surface area (Å²) >= 11 is 0. The normalized spacial score (nSPS) is 10.9. The van der Waals surface area contributed by atoms with E-state index in [4.69, 9.17) is 4.42 Å². The van der Waals surface area contributed by atoms with Gasteiger partial charge in [0.15, 0.2) is 0 Å². The maximum Gasteiger partial charge on any atom is 0.135 e. The Morgan fingerprint density at radius 2 is 2.00 bits per heavy atom. The first kappa shape index (κ1) is 12.2. The standard InChI is InChI=1S/C17H16O/c1-5-8-12(4)13-9-10-17-15(11-13)14(6-2)16(7-3)18-17/h5-11H,2-4H2,1H3/b8-5-. The Hall–Kier alpha value is -2.28. The molecule has 0 bridgehead atoms. The highest BCUT2D eigenvalue weighted by Gasteiger charge is 2.10. The zero-order chi connectivity index (χ0) is 13.1. The van der Waals surface area contributed by atoms with Gasteiger partial charge in [-0.05, 0) is 36.3 Å². The van der Waals surface area contributed by atoms with Crippen LogP contribution in [0.15, 0.2) is 54.5 Å². The third kappa shape index (κ3) is 1.95. The lowest BCUT2D eigenvalue weighted by molar-refractivity contribution is 0.603. The lowest BCUT2D eigenvalue weighted by Gasteiger charge is -2.00. The average molecular weight is 236 g/mol. The zero-order valence-electron chi connectivity index (χ0n) is 10.6. The predicted molar refractivity (Wildman–Crippen MR) is 80.2 cm³/mol. The van der Waals surface area contributed by atoms with Crippen LogP contribution in [0.5, 0.6) is 0 Å². The number of rotatable bonds is 4. The SMILES string of the molecule is C=Cc1oc2ccc(C(=C)/C=C\C)cc2c1C=C. The summed E-state index contributed by atoms with van der Waals surface area (Å²) in [6.07, 6.45) is 7.47. The minimum absolute atomic E-state index is 0.758. The highest BCUT2D eigenvalue weighted by molar-refractivity contribution is 5.93. The average Bonchev–Trinajstić information content (AvgIpc) is 2.75. The van der Waals surface area contributed by atoms with E-state index < -0.39 is 0 Å². The number of allylic oxidation sites excluding steroid dienone is 3. The van der Waals surface area contributed by atoms with E-state index in [0.717, 1.165) is 33.4 Å². The van der Waals surface area contributed by atoms with Gasteiger partial charge in [0.2, 0.25) is 0 Å². The van der Waals surface area contributed by atoms with Crippen LogP contribution in [0.2, 0.25) is 0 Å². The lowest BCUT2D eigenvalue weighted by Crippen LogP contribution is -1.79. The van der Waals surface area contributed by atoms with Crippen molar-refractivity contribution < 1.29 is 4.42 Å². The van der Waals surface area contributed by atoms with Gasteiger partial charge in [-0.25, -0.2) is 0 Å². The van der Waals surface area contributed by atoms with Gasteiger partial charge in [0.25, 0.3) is 0 Å². The maximum atomic E-state index is 5.70. The van der Waals surface area contributed by atoms with Crippen molar-refractivity contribution in [2.75, 3.05) is 0 Å². The van der Waals surface area contributed by atoms with E-state index in [2.05, 4.69) is 25.8 Å². The maximum absolute atomic E-state index is 5.70. The number of benzene rings is 1. The molecule has 0 atom stereocenters. The van der Waals surface area contributed by atoms with Gasteiger partial charge in [-0.15, -0.1) is 0 Å². The minimum atomic E-state index is 0.758. The third-order valence-electron chi connectivity index (χ3n) is 2.88. The van der Waals surface area contributed by atoms with E-state index in [1.165, 1.54) is 0 Å². The number of hydrogen-bond donors (Lipinski definition) is 0. The molecule has 1 aromatic heterocycles. The smallest absolute Gasteiger partial charge is 0.135 e. The van der Waals surface area contributed by atoms with Crippen LogP contribution in [-0.2, 0) is 0 Å². The van der Waals surface area contributed by atoms with Crippen LogP contribution in [0.4, 0.5) is 0 Å². The summed E-state index contributed by atoms with van der Waals surface area (Å²) in [6.45, 7) is 13.6. The lowest BCUT2D eigenvalue weighted by atomic mass is 10.0. The van der Waals surface area contributed by atoms with Crippen LogP contribution in [-0.4, -0.2) is 0 Å². The summed E-state index contributed by atoms with van der Waals surface area (Å²) in [7, 11) is 0. The molecule has 0 unspecified atom stereocenters. The van der Waals surface area contributed by atoms with E-state index >= 15 is 0 Å². The molecule has 0 aliphatic carbocycles. The summed E-state index contributed by atoms with van der Waals surface area (Å²) in [6, 6.07) is 6.04. The van der Waals surface area contributed by atoms with Gasteiger partial charge >= 0.3 is 0 Å². The highest BCUT2D eigenvalue weighted by Crippen LogP contribution is 2.30. The summed E-state index contributed by atoms with van der Waals surface area (Å²) in [4.78, 5) is 0. The van der Waals surface area contributed by atoms with Crippen molar-refractivity contribution in [1.29, 1.82) is 0 Å². The van der Waals surface area contributed by atoms with Crippen molar-refractivity contribution in [2.45, 2.75) is 6.92 Å². The van der Waals surface area contributed by atoms with E-state index in [0.29, 0.717) is 0 Å². The van der Waals surface area contributed by atoms with E-state index in [1.54, 1.807) is 12.2 Å². The van der Waals surface area contributed by atoms with Crippen molar-refractivity contribution >= 4 is 28.7 Å². The van der Waals surface area contributed by atoms with Gasteiger partial charge in [-0.3, -0.25) is 0 Å². The van der Waals surface area contributed by atoms with Crippen LogP contribution in [0.25, 0.3) is 28.7 Å². The Balaban J connectivity index is 2.66. The van der Waals surface area contributed by atoms with Gasteiger partial charge in [-0.2, -0.15) is 0 Å². The monoisotopic (exact) mass is 236 g/mol. The molecule has 90 valence electrons. The quantitative estimate of drug-likeness (QED) is 0.656. The molecule has 1 heteroatoms. The zero-order valence-corrected chi connectivity index (χ0v) is 10.6. The first-order chi connectivity index (χ1) is 8.71. The second kappa shape index (κ2) is 4.92. The Bertz CT molecular complexity index is 654. The molecule has 0 fully saturated rings. The summed E-state index contributed by atoms with van der Waals surface area (Å²) in [5.41, 5.74) is 3.89. The molecule has 0 saturated heterocycles. The van der Waals surface area contributed by atoms with E-state index in [9.17, 15) is 0 Å².